The Bertz CT molecular complexity index is 653. The van der Waals surface area contributed by atoms with E-state index in [1.165, 1.54) is 0 Å². The molecule has 1 rings (SSSR count). The molecule has 1 aromatic rings. The zero-order valence-electron chi connectivity index (χ0n) is 12.8. The average Bonchev–Trinajstić information content (AvgIpc) is 2.47. The van der Waals surface area contributed by atoms with E-state index in [-0.39, 0.29) is 18.6 Å². The number of rotatable bonds is 7. The van der Waals surface area contributed by atoms with E-state index < -0.39 is 44.9 Å². The Kier molecular flexibility index (Phi) is 6.15. The van der Waals surface area contributed by atoms with Crippen molar-refractivity contribution >= 4 is 23.3 Å². The molecule has 0 saturated heterocycles. The van der Waals surface area contributed by atoms with Crippen molar-refractivity contribution < 1.29 is 29.3 Å². The molecule has 130 valence electrons. The fraction of sp³-hybridized carbons (Fsp3) is 0.385. The summed E-state index contributed by atoms with van der Waals surface area (Å²) in [5.41, 5.74) is -1.73. The SMILES string of the molecule is CCOC(=O)C(Cc1cc([N+](=O)[O-])c(O)c([N+](=O)[O-])c1)NC(C)=O. The number of nitrogens with zero attached hydrogens (tertiary/aromatic N) is 2. The Morgan fingerprint density at radius 2 is 1.75 bits per heavy atom. The lowest BCUT2D eigenvalue weighted by Gasteiger charge is -2.16. The van der Waals surface area contributed by atoms with Crippen LogP contribution in [0.1, 0.15) is 19.4 Å². The van der Waals surface area contributed by atoms with Crippen molar-refractivity contribution in [1.82, 2.24) is 5.32 Å². The first-order valence-electron chi connectivity index (χ1n) is 6.75. The number of phenolic OH excluding ortho intramolecular Hbond substituents is 1. The Morgan fingerprint density at radius 3 is 2.12 bits per heavy atom. The second kappa shape index (κ2) is 7.85. The summed E-state index contributed by atoms with van der Waals surface area (Å²) in [5.74, 6) is -2.41. The molecule has 0 aromatic heterocycles. The standard InChI is InChI=1S/C13H15N3O8/c1-3-24-13(19)9(14-7(2)17)4-8-5-10(15(20)21)12(18)11(6-8)16(22)23/h5-6,9,18H,3-4H2,1-2H3,(H,14,17). The maximum absolute atomic E-state index is 11.8. The Morgan fingerprint density at radius 1 is 1.25 bits per heavy atom. The molecule has 0 radical (unpaired) electrons. The lowest BCUT2D eigenvalue weighted by molar-refractivity contribution is -0.396. The highest BCUT2D eigenvalue weighted by Crippen LogP contribution is 2.36. The minimum absolute atomic E-state index is 0.0120. The van der Waals surface area contributed by atoms with Crippen LogP contribution >= 0.6 is 0 Å². The van der Waals surface area contributed by atoms with Crippen molar-refractivity contribution in [2.45, 2.75) is 26.3 Å². The topological polar surface area (TPSA) is 162 Å². The molecule has 24 heavy (non-hydrogen) atoms. The maximum Gasteiger partial charge on any atom is 0.328 e. The van der Waals surface area contributed by atoms with Crippen molar-refractivity contribution in [3.05, 3.63) is 37.9 Å². The Hall–Kier alpha value is -3.24. The van der Waals surface area contributed by atoms with E-state index in [0.717, 1.165) is 19.1 Å². The predicted molar refractivity (Wildman–Crippen MR) is 79.4 cm³/mol. The number of nitro groups is 2. The lowest BCUT2D eigenvalue weighted by atomic mass is 10.0. The third-order valence-electron chi connectivity index (χ3n) is 2.91. The summed E-state index contributed by atoms with van der Waals surface area (Å²) in [4.78, 5) is 42.9. The number of nitrogens with one attached hydrogen (secondary N) is 1. The molecule has 0 aliphatic heterocycles. The van der Waals surface area contributed by atoms with Gasteiger partial charge in [-0.1, -0.05) is 0 Å². The smallest absolute Gasteiger partial charge is 0.328 e. The molecule has 0 aliphatic rings. The largest absolute Gasteiger partial charge is 0.497 e. The molecule has 1 amide bonds. The van der Waals surface area contributed by atoms with Crippen molar-refractivity contribution in [3.8, 4) is 5.75 Å². The maximum atomic E-state index is 11.8. The molecule has 0 bridgehead atoms. The molecule has 1 unspecified atom stereocenters. The van der Waals surface area contributed by atoms with Crippen LogP contribution in [0.4, 0.5) is 11.4 Å². The van der Waals surface area contributed by atoms with Crippen LogP contribution in [0.15, 0.2) is 12.1 Å². The molecule has 0 fully saturated rings. The van der Waals surface area contributed by atoms with Gasteiger partial charge in [0.1, 0.15) is 6.04 Å². The zero-order valence-corrected chi connectivity index (χ0v) is 12.8. The minimum atomic E-state index is -1.17. The van der Waals surface area contributed by atoms with E-state index in [2.05, 4.69) is 5.32 Å². The number of phenols is 1. The third-order valence-corrected chi connectivity index (χ3v) is 2.91. The van der Waals surface area contributed by atoms with Gasteiger partial charge < -0.3 is 15.2 Å². The molecular weight excluding hydrogens is 326 g/mol. The Labute approximate surface area is 135 Å². The molecular formula is C13H15N3O8. The van der Waals surface area contributed by atoms with E-state index in [1.807, 2.05) is 0 Å². The fourth-order valence-corrected chi connectivity index (χ4v) is 1.97. The highest BCUT2D eigenvalue weighted by atomic mass is 16.6. The number of aromatic hydroxyl groups is 1. The van der Waals surface area contributed by atoms with E-state index in [9.17, 15) is 34.9 Å². The second-order valence-electron chi connectivity index (χ2n) is 4.71. The van der Waals surface area contributed by atoms with Gasteiger partial charge in [0.05, 0.1) is 16.5 Å². The van der Waals surface area contributed by atoms with E-state index in [4.69, 9.17) is 4.74 Å². The first-order chi connectivity index (χ1) is 11.2. The third kappa shape index (κ3) is 4.63. The predicted octanol–water partition coefficient (Wildman–Crippen LogP) is 0.819. The minimum Gasteiger partial charge on any atom is -0.497 e. The molecule has 0 saturated carbocycles. The Balaban J connectivity index is 3.27. The highest BCUT2D eigenvalue weighted by Gasteiger charge is 2.29. The average molecular weight is 341 g/mol. The van der Waals surface area contributed by atoms with Crippen molar-refractivity contribution in [3.63, 3.8) is 0 Å². The van der Waals surface area contributed by atoms with Crippen LogP contribution in [0, 0.1) is 20.2 Å². The monoisotopic (exact) mass is 341 g/mol. The van der Waals surface area contributed by atoms with Gasteiger partial charge in [0.25, 0.3) is 5.75 Å². The molecule has 0 heterocycles. The summed E-state index contributed by atoms with van der Waals surface area (Å²) in [7, 11) is 0. The van der Waals surface area contributed by atoms with Crippen LogP contribution in [-0.2, 0) is 20.7 Å². The molecule has 1 atom stereocenters. The first kappa shape index (κ1) is 18.8. The van der Waals surface area contributed by atoms with Crippen LogP contribution in [0.5, 0.6) is 5.75 Å². The van der Waals surface area contributed by atoms with Gasteiger partial charge in [0.2, 0.25) is 5.91 Å². The van der Waals surface area contributed by atoms with Gasteiger partial charge in [-0.05, 0) is 12.5 Å². The van der Waals surface area contributed by atoms with Gasteiger partial charge in [-0.3, -0.25) is 25.0 Å². The van der Waals surface area contributed by atoms with E-state index in [0.29, 0.717) is 0 Å². The van der Waals surface area contributed by atoms with Crippen LogP contribution < -0.4 is 5.32 Å². The van der Waals surface area contributed by atoms with Gasteiger partial charge >= 0.3 is 17.3 Å². The number of benzene rings is 1. The highest BCUT2D eigenvalue weighted by molar-refractivity contribution is 5.83. The van der Waals surface area contributed by atoms with Gasteiger partial charge in [0, 0.05) is 25.5 Å². The number of nitro benzene ring substituents is 2. The quantitative estimate of drug-likeness (QED) is 0.418. The summed E-state index contributed by atoms with van der Waals surface area (Å²) >= 11 is 0. The lowest BCUT2D eigenvalue weighted by Crippen LogP contribution is -2.42. The number of amides is 1. The van der Waals surface area contributed by atoms with Crippen LogP contribution in [0.2, 0.25) is 0 Å². The summed E-state index contributed by atoms with van der Waals surface area (Å²) in [6.45, 7) is 2.76. The molecule has 1 aromatic carbocycles. The fourth-order valence-electron chi connectivity index (χ4n) is 1.97. The normalized spacial score (nSPS) is 11.4. The van der Waals surface area contributed by atoms with Crippen molar-refractivity contribution in [1.29, 1.82) is 0 Å². The summed E-state index contributed by atoms with van der Waals surface area (Å²) < 4.78 is 4.79. The van der Waals surface area contributed by atoms with Crippen LogP contribution in [0.25, 0.3) is 0 Å². The van der Waals surface area contributed by atoms with Gasteiger partial charge in [-0.25, -0.2) is 4.79 Å². The van der Waals surface area contributed by atoms with Gasteiger partial charge in [0.15, 0.2) is 0 Å². The zero-order chi connectivity index (χ0) is 18.4. The molecule has 11 heteroatoms. The number of ether oxygens (including phenoxy) is 1. The van der Waals surface area contributed by atoms with E-state index >= 15 is 0 Å². The molecule has 0 spiro atoms. The van der Waals surface area contributed by atoms with Crippen molar-refractivity contribution in [2.24, 2.45) is 0 Å². The second-order valence-corrected chi connectivity index (χ2v) is 4.71. The first-order valence-corrected chi connectivity index (χ1v) is 6.75. The number of hydrogen-bond acceptors (Lipinski definition) is 8. The molecule has 11 nitrogen and oxygen atoms in total. The van der Waals surface area contributed by atoms with Gasteiger partial charge in [-0.15, -0.1) is 0 Å². The summed E-state index contributed by atoms with van der Waals surface area (Å²) in [5, 5.41) is 33.7. The van der Waals surface area contributed by atoms with Crippen LogP contribution in [-0.4, -0.2) is 39.5 Å². The molecule has 2 N–H and O–H groups in total. The molecule has 0 aliphatic carbocycles. The number of esters is 1. The van der Waals surface area contributed by atoms with Crippen LogP contribution in [0.3, 0.4) is 0 Å². The number of carbonyl (C=O) groups is 2. The number of hydrogen-bond donors (Lipinski definition) is 2. The summed E-state index contributed by atoms with van der Waals surface area (Å²) in [6, 6.07) is 0.624. The van der Waals surface area contributed by atoms with Gasteiger partial charge in [-0.2, -0.15) is 0 Å². The summed E-state index contributed by atoms with van der Waals surface area (Å²) in [6.07, 6.45) is -0.277. The number of carbonyl (C=O) groups excluding carboxylic acids is 2. The van der Waals surface area contributed by atoms with E-state index in [1.54, 1.807) is 6.92 Å². The van der Waals surface area contributed by atoms with Crippen molar-refractivity contribution in [2.75, 3.05) is 6.61 Å².